The number of hydrogen-bond acceptors (Lipinski definition) is 11. The molecule has 7 unspecified atom stereocenters. The van der Waals surface area contributed by atoms with Gasteiger partial charge in [-0.15, -0.1) is 0 Å². The Morgan fingerprint density at radius 3 is 2.75 bits per heavy atom. The van der Waals surface area contributed by atoms with Crippen LogP contribution in [0.5, 0.6) is 11.5 Å². The van der Waals surface area contributed by atoms with Gasteiger partial charge in [-0.3, -0.25) is 9.69 Å². The lowest BCUT2D eigenvalue weighted by Gasteiger charge is -2.59. The molecule has 5 aliphatic heterocycles. The second-order valence-electron chi connectivity index (χ2n) is 15.0. The molecule has 12 nitrogen and oxygen atoms in total. The zero-order valence-electron chi connectivity index (χ0n) is 29.9. The van der Waals surface area contributed by atoms with Crippen LogP contribution in [0.4, 0.5) is 15.9 Å². The van der Waals surface area contributed by atoms with Gasteiger partial charge < -0.3 is 29.2 Å². The van der Waals surface area contributed by atoms with E-state index in [1.807, 2.05) is 24.0 Å². The van der Waals surface area contributed by atoms with E-state index in [-0.39, 0.29) is 28.9 Å². The number of piperazine rings is 1. The minimum Gasteiger partial charge on any atom is -0.493 e. The highest BCUT2D eigenvalue weighted by Crippen LogP contribution is 2.59. The average molecular weight is 740 g/mol. The topological polar surface area (TPSA) is 117 Å². The number of anilines is 2. The number of carbonyl (C=O) groups is 1. The third kappa shape index (κ3) is 6.68. The molecule has 5 saturated heterocycles. The minimum atomic E-state index is -0.812. The molecule has 6 aliphatic rings. The molecular weight excluding hydrogens is 693 g/mol. The maximum atomic E-state index is 13.7. The summed E-state index contributed by atoms with van der Waals surface area (Å²) in [5.41, 5.74) is 0.678. The van der Waals surface area contributed by atoms with Crippen molar-refractivity contribution in [3.63, 3.8) is 0 Å². The van der Waals surface area contributed by atoms with Gasteiger partial charge >= 0.3 is 0 Å². The van der Waals surface area contributed by atoms with Gasteiger partial charge in [-0.1, -0.05) is 24.9 Å². The Bertz CT molecular complexity index is 1800. The molecular formula is C38H47ClFN5O7. The number of fused-ring (bicyclic) bond motifs is 3. The number of nitrogens with one attached hydrogen (secondary N) is 1. The van der Waals surface area contributed by atoms with E-state index < -0.39 is 23.5 Å². The molecule has 1 aromatic heterocycles. The Hall–Kier alpha value is -3.33. The molecule has 3 aromatic rings. The number of benzene rings is 2. The predicted octanol–water partition coefficient (Wildman–Crippen LogP) is 6.48. The van der Waals surface area contributed by atoms with E-state index in [0.717, 1.165) is 63.5 Å². The van der Waals surface area contributed by atoms with Gasteiger partial charge in [0.15, 0.2) is 23.4 Å². The van der Waals surface area contributed by atoms with Crippen LogP contribution in [0.25, 0.3) is 10.9 Å². The number of rotatable bonds is 10. The fourth-order valence-electron chi connectivity index (χ4n) is 9.00. The van der Waals surface area contributed by atoms with Crippen LogP contribution in [0.1, 0.15) is 58.8 Å². The fraction of sp³-hybridized carbons (Fsp3) is 0.605. The van der Waals surface area contributed by atoms with Crippen LogP contribution >= 0.6 is 11.6 Å². The van der Waals surface area contributed by atoms with Crippen molar-refractivity contribution in [3.05, 3.63) is 47.5 Å². The number of nitrogens with zero attached hydrogens (tertiary/aromatic N) is 4. The normalized spacial score (nSPS) is 31.6. The van der Waals surface area contributed by atoms with E-state index in [1.54, 1.807) is 13.2 Å². The Balaban J connectivity index is 0.831. The zero-order chi connectivity index (χ0) is 36.0. The summed E-state index contributed by atoms with van der Waals surface area (Å²) in [6.07, 6.45) is 6.91. The monoisotopic (exact) mass is 739 g/mol. The molecule has 9 rings (SSSR count). The van der Waals surface area contributed by atoms with Gasteiger partial charge in [0.2, 0.25) is 11.7 Å². The number of hydrogen-bond donors (Lipinski definition) is 1. The highest BCUT2D eigenvalue weighted by Gasteiger charge is 2.68. The molecule has 1 aliphatic carbocycles. The lowest BCUT2D eigenvalue weighted by Crippen LogP contribution is -2.69. The summed E-state index contributed by atoms with van der Waals surface area (Å²) in [7, 11) is 1.59. The summed E-state index contributed by atoms with van der Waals surface area (Å²) in [5, 5.41) is 3.94. The number of amides is 1. The second-order valence-corrected chi connectivity index (χ2v) is 15.4. The molecule has 1 N–H and O–H groups in total. The Morgan fingerprint density at radius 1 is 1.10 bits per heavy atom. The van der Waals surface area contributed by atoms with E-state index in [9.17, 15) is 9.18 Å². The number of methoxy groups -OCH3 is 1. The molecule has 2 aromatic carbocycles. The molecule has 0 radical (unpaired) electrons. The summed E-state index contributed by atoms with van der Waals surface area (Å²) >= 11 is 5.98. The molecule has 52 heavy (non-hydrogen) atoms. The molecule has 2 bridgehead atoms. The molecule has 1 amide bonds. The van der Waals surface area contributed by atoms with E-state index in [1.165, 1.54) is 18.5 Å². The van der Waals surface area contributed by atoms with Crippen LogP contribution in [0, 0.1) is 23.6 Å². The third-order valence-electron chi connectivity index (χ3n) is 11.9. The first-order valence-electron chi connectivity index (χ1n) is 18.5. The lowest BCUT2D eigenvalue weighted by atomic mass is 9.60. The fourth-order valence-corrected chi connectivity index (χ4v) is 9.18. The van der Waals surface area contributed by atoms with Gasteiger partial charge in [-0.05, 0) is 68.7 Å². The van der Waals surface area contributed by atoms with E-state index in [4.69, 9.17) is 40.3 Å². The van der Waals surface area contributed by atoms with Crippen LogP contribution in [0.3, 0.4) is 0 Å². The average Bonchev–Trinajstić information content (AvgIpc) is 3.38. The van der Waals surface area contributed by atoms with Crippen molar-refractivity contribution >= 4 is 39.9 Å². The first kappa shape index (κ1) is 35.7. The van der Waals surface area contributed by atoms with Crippen molar-refractivity contribution in [1.29, 1.82) is 0 Å². The van der Waals surface area contributed by atoms with Crippen molar-refractivity contribution in [2.75, 3.05) is 51.8 Å². The van der Waals surface area contributed by atoms with Crippen LogP contribution in [-0.2, 0) is 24.0 Å². The van der Waals surface area contributed by atoms with Gasteiger partial charge in [0, 0.05) is 62.2 Å². The van der Waals surface area contributed by atoms with Crippen LogP contribution in [0.15, 0.2) is 36.7 Å². The minimum absolute atomic E-state index is 0.0170. The smallest absolute Gasteiger partial charge is 0.225 e. The molecule has 7 atom stereocenters. The summed E-state index contributed by atoms with van der Waals surface area (Å²) < 4.78 is 38.6. The second kappa shape index (κ2) is 14.5. The number of ether oxygens (including phenoxy) is 4. The van der Waals surface area contributed by atoms with Gasteiger partial charge in [0.05, 0.1) is 36.8 Å². The van der Waals surface area contributed by atoms with E-state index in [0.29, 0.717) is 60.6 Å². The van der Waals surface area contributed by atoms with Crippen molar-refractivity contribution in [2.24, 2.45) is 17.8 Å². The van der Waals surface area contributed by atoms with Gasteiger partial charge in [-0.25, -0.2) is 24.1 Å². The molecule has 1 saturated carbocycles. The van der Waals surface area contributed by atoms with Gasteiger partial charge in [0.1, 0.15) is 18.0 Å². The highest BCUT2D eigenvalue weighted by atomic mass is 35.5. The lowest BCUT2D eigenvalue weighted by molar-refractivity contribution is -0.569. The predicted molar refractivity (Wildman–Crippen MR) is 191 cm³/mol. The van der Waals surface area contributed by atoms with Crippen LogP contribution < -0.4 is 14.8 Å². The molecule has 1 spiro atoms. The molecule has 14 heteroatoms. The number of carbonyl (C=O) groups excluding carboxylic acids is 1. The maximum Gasteiger partial charge on any atom is 0.225 e. The first-order chi connectivity index (χ1) is 25.2. The van der Waals surface area contributed by atoms with Crippen molar-refractivity contribution in [1.82, 2.24) is 19.8 Å². The van der Waals surface area contributed by atoms with E-state index in [2.05, 4.69) is 27.1 Å². The summed E-state index contributed by atoms with van der Waals surface area (Å²) in [4.78, 5) is 38.9. The number of halogens is 2. The van der Waals surface area contributed by atoms with E-state index >= 15 is 0 Å². The summed E-state index contributed by atoms with van der Waals surface area (Å²) in [6.45, 7) is 8.41. The Labute approximate surface area is 308 Å². The highest BCUT2D eigenvalue weighted by molar-refractivity contribution is 6.31. The standard InChI is InChI=1S/C38H47ClFN5O7/c1-23-27-7-4-6-24-10-11-37(2)50-36(38(24,27)52-51-37)49-31(23)21-34(46)45-15-13-44(14-16-45)12-5-17-48-33-19-26-30(20-32(33)47-3)41-22-42-35(26)43-25-8-9-29(40)28(39)18-25/h8-9,18-20,22-24,27,31,36H,4-7,10-17,21H2,1-3H3,(H,41,42,43). The Morgan fingerprint density at radius 2 is 1.94 bits per heavy atom. The first-order valence-corrected chi connectivity index (χ1v) is 18.9. The third-order valence-corrected chi connectivity index (χ3v) is 12.2. The van der Waals surface area contributed by atoms with Crippen LogP contribution in [-0.4, -0.2) is 95.9 Å². The van der Waals surface area contributed by atoms with Crippen molar-refractivity contribution in [2.45, 2.75) is 82.6 Å². The largest absolute Gasteiger partial charge is 0.493 e. The van der Waals surface area contributed by atoms with Gasteiger partial charge in [-0.2, -0.15) is 0 Å². The summed E-state index contributed by atoms with van der Waals surface area (Å²) in [5.74, 6) is 1.23. The molecule has 6 fully saturated rings. The van der Waals surface area contributed by atoms with Crippen molar-refractivity contribution in [3.8, 4) is 11.5 Å². The SMILES string of the molecule is COc1cc2ncnc(Nc3ccc(F)c(Cl)c3)c2cc1OCCCN1CCN(C(=O)CC2OC3OC4(C)CCC5CCCC(C2C)C53OO4)CC1. The van der Waals surface area contributed by atoms with Crippen molar-refractivity contribution < 1.29 is 37.9 Å². The molecule has 280 valence electrons. The quantitative estimate of drug-likeness (QED) is 0.182. The Kier molecular flexibility index (Phi) is 9.94. The summed E-state index contributed by atoms with van der Waals surface area (Å²) in [6, 6.07) is 8.06. The van der Waals surface area contributed by atoms with Crippen LogP contribution in [0.2, 0.25) is 5.02 Å². The van der Waals surface area contributed by atoms with Gasteiger partial charge in [0.25, 0.3) is 0 Å². The molecule has 6 heterocycles. The number of aromatic nitrogens is 2. The zero-order valence-corrected chi connectivity index (χ0v) is 30.7. The maximum absolute atomic E-state index is 13.7.